The van der Waals surface area contributed by atoms with Gasteiger partial charge in [-0.05, 0) is 6.42 Å². The van der Waals surface area contributed by atoms with Crippen LogP contribution in [0.5, 0.6) is 0 Å². The van der Waals surface area contributed by atoms with E-state index in [-0.39, 0.29) is 17.0 Å². The first kappa shape index (κ1) is 7.02. The van der Waals surface area contributed by atoms with Crippen molar-refractivity contribution in [3.05, 3.63) is 0 Å². The van der Waals surface area contributed by atoms with Crippen molar-refractivity contribution >= 4 is 9.84 Å². The van der Waals surface area contributed by atoms with Crippen LogP contribution in [0.1, 0.15) is 13.3 Å². The molecule has 0 aromatic carbocycles. The molecule has 3 nitrogen and oxygen atoms in total. The molecule has 2 N–H and O–H groups in total. The van der Waals surface area contributed by atoms with Crippen molar-refractivity contribution in [1.82, 2.24) is 0 Å². The molecule has 54 valence electrons. The maximum Gasteiger partial charge on any atom is 0.154 e. The highest BCUT2D eigenvalue weighted by molar-refractivity contribution is 7.92. The van der Waals surface area contributed by atoms with Crippen molar-refractivity contribution in [3.8, 4) is 0 Å². The summed E-state index contributed by atoms with van der Waals surface area (Å²) in [5.74, 6) is 0.228. The molecule has 0 heterocycles. The SMILES string of the molecule is CCS(=O)(=O)[C@H]1C[C@H]1N. The van der Waals surface area contributed by atoms with Crippen molar-refractivity contribution in [3.63, 3.8) is 0 Å². The van der Waals surface area contributed by atoms with E-state index < -0.39 is 9.84 Å². The molecule has 0 saturated heterocycles. The second kappa shape index (κ2) is 1.95. The topological polar surface area (TPSA) is 60.2 Å². The second-order valence-corrected chi connectivity index (χ2v) is 4.90. The van der Waals surface area contributed by atoms with Gasteiger partial charge in [0.25, 0.3) is 0 Å². The maximum absolute atomic E-state index is 10.9. The lowest BCUT2D eigenvalue weighted by Gasteiger charge is -1.94. The number of hydrogen-bond donors (Lipinski definition) is 1. The summed E-state index contributed by atoms with van der Waals surface area (Å²) in [7, 11) is -2.80. The van der Waals surface area contributed by atoms with E-state index in [9.17, 15) is 8.42 Å². The monoisotopic (exact) mass is 149 g/mol. The van der Waals surface area contributed by atoms with E-state index >= 15 is 0 Å². The van der Waals surface area contributed by atoms with E-state index in [1.165, 1.54) is 0 Å². The molecule has 1 aliphatic rings. The van der Waals surface area contributed by atoms with Crippen molar-refractivity contribution in [2.45, 2.75) is 24.6 Å². The van der Waals surface area contributed by atoms with Crippen molar-refractivity contribution in [1.29, 1.82) is 0 Å². The third-order valence-corrected chi connectivity index (χ3v) is 3.91. The Labute approximate surface area is 55.2 Å². The number of rotatable bonds is 2. The molecule has 0 spiro atoms. The van der Waals surface area contributed by atoms with E-state index in [0.717, 1.165) is 0 Å². The minimum Gasteiger partial charge on any atom is -0.326 e. The number of sulfone groups is 1. The van der Waals surface area contributed by atoms with Gasteiger partial charge in [0.05, 0.1) is 5.25 Å². The highest BCUT2D eigenvalue weighted by Gasteiger charge is 2.43. The van der Waals surface area contributed by atoms with Crippen LogP contribution in [0.3, 0.4) is 0 Å². The van der Waals surface area contributed by atoms with Gasteiger partial charge in [0.15, 0.2) is 9.84 Å². The predicted octanol–water partition coefficient (Wildman–Crippen LogP) is -0.479. The molecular formula is C5H11NO2S. The molecule has 0 aromatic heterocycles. The van der Waals surface area contributed by atoms with Gasteiger partial charge in [0.2, 0.25) is 0 Å². The summed E-state index contributed by atoms with van der Waals surface area (Å²) in [6.45, 7) is 1.65. The maximum atomic E-state index is 10.9. The molecule has 0 aromatic rings. The fraction of sp³-hybridized carbons (Fsp3) is 1.00. The summed E-state index contributed by atoms with van der Waals surface area (Å²) in [6, 6.07) is -0.0741. The predicted molar refractivity (Wildman–Crippen MR) is 35.8 cm³/mol. The molecule has 4 heteroatoms. The molecule has 0 radical (unpaired) electrons. The zero-order chi connectivity index (χ0) is 7.07. The van der Waals surface area contributed by atoms with Crippen molar-refractivity contribution < 1.29 is 8.42 Å². The average Bonchev–Trinajstić information content (AvgIpc) is 2.47. The molecule has 1 aliphatic carbocycles. The zero-order valence-corrected chi connectivity index (χ0v) is 6.19. The summed E-state index contributed by atoms with van der Waals surface area (Å²) in [5.41, 5.74) is 5.35. The van der Waals surface area contributed by atoms with Crippen LogP contribution < -0.4 is 5.73 Å². The summed E-state index contributed by atoms with van der Waals surface area (Å²) in [5, 5.41) is -0.220. The van der Waals surface area contributed by atoms with E-state index in [0.29, 0.717) is 6.42 Å². The van der Waals surface area contributed by atoms with Crippen LogP contribution in [0, 0.1) is 0 Å². The first-order chi connectivity index (χ1) is 4.08. The van der Waals surface area contributed by atoms with Gasteiger partial charge < -0.3 is 5.73 Å². The van der Waals surface area contributed by atoms with Gasteiger partial charge in [-0.15, -0.1) is 0 Å². The lowest BCUT2D eigenvalue weighted by Crippen LogP contribution is -2.16. The van der Waals surface area contributed by atoms with Crippen LogP contribution >= 0.6 is 0 Å². The summed E-state index contributed by atoms with van der Waals surface area (Å²) in [4.78, 5) is 0. The van der Waals surface area contributed by atoms with Gasteiger partial charge in [-0.25, -0.2) is 8.42 Å². The van der Waals surface area contributed by atoms with Crippen LogP contribution in [-0.4, -0.2) is 25.5 Å². The van der Waals surface area contributed by atoms with Gasteiger partial charge in [-0.2, -0.15) is 0 Å². The molecule has 0 bridgehead atoms. The quantitative estimate of drug-likeness (QED) is 0.577. The molecular weight excluding hydrogens is 138 g/mol. The third kappa shape index (κ3) is 1.24. The minimum absolute atomic E-state index is 0.0741. The second-order valence-electron chi connectivity index (χ2n) is 2.39. The Morgan fingerprint density at radius 3 is 2.22 bits per heavy atom. The minimum atomic E-state index is -2.80. The van der Waals surface area contributed by atoms with E-state index in [1.807, 2.05) is 0 Å². The number of hydrogen-bond acceptors (Lipinski definition) is 3. The van der Waals surface area contributed by atoms with Gasteiger partial charge in [0.1, 0.15) is 0 Å². The Morgan fingerprint density at radius 1 is 1.67 bits per heavy atom. The molecule has 9 heavy (non-hydrogen) atoms. The van der Waals surface area contributed by atoms with Crippen LogP contribution in [-0.2, 0) is 9.84 Å². The fourth-order valence-electron chi connectivity index (χ4n) is 0.817. The Kier molecular flexibility index (Phi) is 1.52. The summed E-state index contributed by atoms with van der Waals surface area (Å²) < 4.78 is 21.8. The molecule has 2 atom stereocenters. The van der Waals surface area contributed by atoms with E-state index in [4.69, 9.17) is 5.73 Å². The molecule has 0 unspecified atom stereocenters. The summed E-state index contributed by atoms with van der Waals surface area (Å²) in [6.07, 6.45) is 0.663. The van der Waals surface area contributed by atoms with Crippen LogP contribution in [0.4, 0.5) is 0 Å². The van der Waals surface area contributed by atoms with Crippen LogP contribution in [0.25, 0.3) is 0 Å². The Morgan fingerprint density at radius 2 is 2.11 bits per heavy atom. The lowest BCUT2D eigenvalue weighted by atomic mass is 10.8. The van der Waals surface area contributed by atoms with E-state index in [2.05, 4.69) is 0 Å². The van der Waals surface area contributed by atoms with Crippen molar-refractivity contribution in [2.75, 3.05) is 5.75 Å². The Hall–Kier alpha value is -0.0900. The zero-order valence-electron chi connectivity index (χ0n) is 5.37. The molecule has 1 fully saturated rings. The first-order valence-corrected chi connectivity index (χ1v) is 4.76. The molecule has 1 saturated carbocycles. The molecule has 0 aliphatic heterocycles. The van der Waals surface area contributed by atoms with Crippen molar-refractivity contribution in [2.24, 2.45) is 5.73 Å². The van der Waals surface area contributed by atoms with E-state index in [1.54, 1.807) is 6.92 Å². The first-order valence-electron chi connectivity index (χ1n) is 3.05. The van der Waals surface area contributed by atoms with Gasteiger partial charge >= 0.3 is 0 Å². The normalized spacial score (nSPS) is 34.4. The fourth-order valence-corrected chi connectivity index (χ4v) is 2.29. The average molecular weight is 149 g/mol. The van der Waals surface area contributed by atoms with Crippen LogP contribution in [0.2, 0.25) is 0 Å². The smallest absolute Gasteiger partial charge is 0.154 e. The third-order valence-electron chi connectivity index (χ3n) is 1.64. The van der Waals surface area contributed by atoms with Gasteiger partial charge in [-0.1, -0.05) is 6.92 Å². The highest BCUT2D eigenvalue weighted by atomic mass is 32.2. The Balaban J connectivity index is 2.63. The number of nitrogens with two attached hydrogens (primary N) is 1. The largest absolute Gasteiger partial charge is 0.326 e. The summed E-state index contributed by atoms with van der Waals surface area (Å²) >= 11 is 0. The standard InChI is InChI=1S/C5H11NO2S/c1-2-9(7,8)5-3-4(5)6/h4-5H,2-3,6H2,1H3/t4-,5+/m1/s1. The highest BCUT2D eigenvalue weighted by Crippen LogP contribution is 2.27. The van der Waals surface area contributed by atoms with Gasteiger partial charge in [-0.3, -0.25) is 0 Å². The van der Waals surface area contributed by atoms with Crippen LogP contribution in [0.15, 0.2) is 0 Å². The lowest BCUT2D eigenvalue weighted by molar-refractivity contribution is 0.595. The molecule has 1 rings (SSSR count). The molecule has 0 amide bonds. The Bertz CT molecular complexity index is 197. The van der Waals surface area contributed by atoms with Gasteiger partial charge in [0, 0.05) is 11.8 Å².